The molecule has 1 atom stereocenters. The molecular formula is C13H17Cl2FN2O2. The second-order valence-electron chi connectivity index (χ2n) is 4.48. The minimum absolute atomic E-state index is 0. The van der Waals surface area contributed by atoms with E-state index < -0.39 is 5.82 Å². The van der Waals surface area contributed by atoms with E-state index in [9.17, 15) is 9.18 Å². The minimum atomic E-state index is -0.403. The fourth-order valence-corrected chi connectivity index (χ4v) is 2.21. The van der Waals surface area contributed by atoms with Crippen molar-refractivity contribution in [2.75, 3.05) is 26.8 Å². The van der Waals surface area contributed by atoms with Crippen LogP contribution in [0.4, 0.5) is 4.39 Å². The molecule has 4 nitrogen and oxygen atoms in total. The zero-order valence-corrected chi connectivity index (χ0v) is 12.6. The number of carbonyl (C=O) groups is 1. The normalized spacial score (nSPS) is 18.2. The van der Waals surface area contributed by atoms with Gasteiger partial charge in [-0.1, -0.05) is 17.7 Å². The fourth-order valence-electron chi connectivity index (χ4n) is 1.99. The van der Waals surface area contributed by atoms with Crippen molar-refractivity contribution in [3.8, 4) is 0 Å². The summed E-state index contributed by atoms with van der Waals surface area (Å²) in [4.78, 5) is 13.6. The fraction of sp³-hybridized carbons (Fsp3) is 0.462. The number of ether oxygens (including phenoxy) is 1. The molecule has 1 fully saturated rings. The van der Waals surface area contributed by atoms with Crippen molar-refractivity contribution in [3.63, 3.8) is 0 Å². The molecular weight excluding hydrogens is 306 g/mol. The van der Waals surface area contributed by atoms with Gasteiger partial charge in [0.25, 0.3) is 0 Å². The van der Waals surface area contributed by atoms with Crippen LogP contribution in [0.5, 0.6) is 0 Å². The molecule has 1 unspecified atom stereocenters. The van der Waals surface area contributed by atoms with Gasteiger partial charge in [0, 0.05) is 30.7 Å². The Morgan fingerprint density at radius 3 is 2.95 bits per heavy atom. The summed E-state index contributed by atoms with van der Waals surface area (Å²) in [6, 6.07) is 4.12. The van der Waals surface area contributed by atoms with Crippen LogP contribution in [0.15, 0.2) is 18.2 Å². The molecule has 7 heteroatoms. The van der Waals surface area contributed by atoms with Crippen LogP contribution in [0.1, 0.15) is 5.56 Å². The molecule has 1 saturated heterocycles. The van der Waals surface area contributed by atoms with Crippen LogP contribution in [-0.2, 0) is 16.1 Å². The quantitative estimate of drug-likeness (QED) is 0.923. The van der Waals surface area contributed by atoms with Gasteiger partial charge in [-0.2, -0.15) is 0 Å². The molecule has 0 spiro atoms. The molecule has 0 aliphatic carbocycles. The minimum Gasteiger partial charge on any atom is -0.378 e. The second-order valence-corrected chi connectivity index (χ2v) is 4.88. The highest BCUT2D eigenvalue weighted by atomic mass is 35.5. The maximum atomic E-state index is 13.7. The van der Waals surface area contributed by atoms with Gasteiger partial charge in [0.15, 0.2) is 0 Å². The summed E-state index contributed by atoms with van der Waals surface area (Å²) < 4.78 is 18.9. The summed E-state index contributed by atoms with van der Waals surface area (Å²) in [5.74, 6) is -0.529. The van der Waals surface area contributed by atoms with Crippen molar-refractivity contribution in [2.24, 2.45) is 0 Å². The van der Waals surface area contributed by atoms with Crippen LogP contribution >= 0.6 is 24.0 Å². The number of morpholine rings is 1. The van der Waals surface area contributed by atoms with Gasteiger partial charge in [0.2, 0.25) is 5.91 Å². The van der Waals surface area contributed by atoms with Gasteiger partial charge in [-0.15, -0.1) is 12.4 Å². The summed E-state index contributed by atoms with van der Waals surface area (Å²) in [5, 5.41) is 3.40. The first-order chi connectivity index (χ1) is 9.09. The second kappa shape index (κ2) is 7.78. The molecule has 1 heterocycles. The number of rotatable bonds is 3. The average molecular weight is 323 g/mol. The monoisotopic (exact) mass is 322 g/mol. The molecule has 1 aliphatic heterocycles. The van der Waals surface area contributed by atoms with E-state index in [1.165, 1.54) is 11.0 Å². The molecule has 0 bridgehead atoms. The number of halogens is 3. The van der Waals surface area contributed by atoms with Crippen molar-refractivity contribution < 1.29 is 13.9 Å². The predicted molar refractivity (Wildman–Crippen MR) is 77.7 cm³/mol. The molecule has 0 saturated carbocycles. The van der Waals surface area contributed by atoms with Gasteiger partial charge < -0.3 is 15.0 Å². The van der Waals surface area contributed by atoms with Crippen LogP contribution in [0.25, 0.3) is 0 Å². The van der Waals surface area contributed by atoms with E-state index in [0.29, 0.717) is 30.3 Å². The molecule has 1 amide bonds. The number of nitrogens with zero attached hydrogens (tertiary/aromatic N) is 1. The van der Waals surface area contributed by atoms with Crippen molar-refractivity contribution in [1.82, 2.24) is 10.2 Å². The number of amides is 1. The highest BCUT2D eigenvalue weighted by Gasteiger charge is 2.25. The Bertz CT molecular complexity index is 447. The summed E-state index contributed by atoms with van der Waals surface area (Å²) >= 11 is 5.95. The van der Waals surface area contributed by atoms with Crippen LogP contribution in [-0.4, -0.2) is 43.7 Å². The molecule has 1 aliphatic rings. The zero-order chi connectivity index (χ0) is 13.8. The van der Waals surface area contributed by atoms with Gasteiger partial charge in [0.1, 0.15) is 11.9 Å². The zero-order valence-electron chi connectivity index (χ0n) is 11.1. The van der Waals surface area contributed by atoms with Crippen LogP contribution in [0.3, 0.4) is 0 Å². The lowest BCUT2D eigenvalue weighted by molar-refractivity contribution is -0.135. The van der Waals surface area contributed by atoms with Crippen LogP contribution in [0.2, 0.25) is 5.02 Å². The smallest absolute Gasteiger partial charge is 0.242 e. The lowest BCUT2D eigenvalue weighted by Crippen LogP contribution is -2.51. The molecule has 1 aromatic carbocycles. The maximum Gasteiger partial charge on any atom is 0.242 e. The number of carbonyl (C=O) groups excluding carboxylic acids is 1. The Labute approximate surface area is 128 Å². The number of nitrogens with one attached hydrogen (secondary N) is 1. The van der Waals surface area contributed by atoms with Crippen molar-refractivity contribution in [2.45, 2.75) is 12.6 Å². The summed E-state index contributed by atoms with van der Waals surface area (Å²) in [6.45, 7) is 1.73. The first-order valence-corrected chi connectivity index (χ1v) is 6.46. The summed E-state index contributed by atoms with van der Waals surface area (Å²) in [6.07, 6.45) is 0. The molecule has 1 N–H and O–H groups in total. The Kier molecular flexibility index (Phi) is 6.68. The van der Waals surface area contributed by atoms with Crippen molar-refractivity contribution in [3.05, 3.63) is 34.6 Å². The molecule has 0 radical (unpaired) electrons. The Morgan fingerprint density at radius 2 is 2.35 bits per heavy atom. The van der Waals surface area contributed by atoms with E-state index in [-0.39, 0.29) is 30.9 Å². The standard InChI is InChI=1S/C13H16ClFN2O2.ClH/c1-17(13(18)12-8-19-6-5-16-12)7-9-10(14)3-2-4-11(9)15;/h2-4,12,16H,5-8H2,1H3;1H. The van der Waals surface area contributed by atoms with Crippen LogP contribution < -0.4 is 5.32 Å². The van der Waals surface area contributed by atoms with Crippen molar-refractivity contribution >= 4 is 29.9 Å². The molecule has 0 aromatic heterocycles. The highest BCUT2D eigenvalue weighted by Crippen LogP contribution is 2.20. The lowest BCUT2D eigenvalue weighted by Gasteiger charge is -2.27. The van der Waals surface area contributed by atoms with E-state index >= 15 is 0 Å². The molecule has 2 rings (SSSR count). The third-order valence-corrected chi connectivity index (χ3v) is 3.41. The third kappa shape index (κ3) is 4.06. The Hall–Kier alpha value is -0.880. The SMILES string of the molecule is CN(Cc1c(F)cccc1Cl)C(=O)C1COCCN1.Cl. The van der Waals surface area contributed by atoms with E-state index in [0.717, 1.165) is 0 Å². The Morgan fingerprint density at radius 1 is 1.60 bits per heavy atom. The average Bonchev–Trinajstić information content (AvgIpc) is 2.43. The third-order valence-electron chi connectivity index (χ3n) is 3.05. The molecule has 112 valence electrons. The number of likely N-dealkylation sites (N-methyl/N-ethyl adjacent to an activating group) is 1. The lowest BCUT2D eigenvalue weighted by atomic mass is 10.1. The largest absolute Gasteiger partial charge is 0.378 e. The highest BCUT2D eigenvalue weighted by molar-refractivity contribution is 6.31. The summed E-state index contributed by atoms with van der Waals surface area (Å²) in [7, 11) is 1.63. The van der Waals surface area contributed by atoms with E-state index in [1.807, 2.05) is 0 Å². The molecule has 20 heavy (non-hydrogen) atoms. The predicted octanol–water partition coefficient (Wildman–Crippen LogP) is 1.85. The maximum absolute atomic E-state index is 13.7. The number of hydrogen-bond donors (Lipinski definition) is 1. The number of hydrogen-bond acceptors (Lipinski definition) is 3. The summed E-state index contributed by atoms with van der Waals surface area (Å²) in [5.41, 5.74) is 0.330. The van der Waals surface area contributed by atoms with E-state index in [1.54, 1.807) is 19.2 Å². The van der Waals surface area contributed by atoms with E-state index in [2.05, 4.69) is 5.32 Å². The first kappa shape index (κ1) is 17.2. The van der Waals surface area contributed by atoms with Gasteiger partial charge in [0.05, 0.1) is 13.2 Å². The van der Waals surface area contributed by atoms with Gasteiger partial charge in [-0.3, -0.25) is 4.79 Å². The van der Waals surface area contributed by atoms with Gasteiger partial charge in [-0.05, 0) is 12.1 Å². The first-order valence-electron chi connectivity index (χ1n) is 6.08. The van der Waals surface area contributed by atoms with Crippen LogP contribution in [0, 0.1) is 5.82 Å². The topological polar surface area (TPSA) is 41.6 Å². The number of benzene rings is 1. The van der Waals surface area contributed by atoms with Gasteiger partial charge >= 0.3 is 0 Å². The van der Waals surface area contributed by atoms with E-state index in [4.69, 9.17) is 16.3 Å². The Balaban J connectivity index is 0.00000200. The van der Waals surface area contributed by atoms with Gasteiger partial charge in [-0.25, -0.2) is 4.39 Å². The van der Waals surface area contributed by atoms with Crippen molar-refractivity contribution in [1.29, 1.82) is 0 Å². The molecule has 1 aromatic rings.